The molecular formula is C10H15ClIN. The summed E-state index contributed by atoms with van der Waals surface area (Å²) in [5.41, 5.74) is 7.18. The Kier molecular flexibility index (Phi) is 6.73. The van der Waals surface area contributed by atoms with Crippen molar-refractivity contribution in [2.75, 3.05) is 0 Å². The summed E-state index contributed by atoms with van der Waals surface area (Å²) in [7, 11) is 0. The van der Waals surface area contributed by atoms with Crippen molar-refractivity contribution in [3.63, 3.8) is 0 Å². The highest BCUT2D eigenvalue weighted by atomic mass is 127. The van der Waals surface area contributed by atoms with Gasteiger partial charge in [0, 0.05) is 9.61 Å². The van der Waals surface area contributed by atoms with Gasteiger partial charge in [-0.1, -0.05) is 19.1 Å². The first-order valence-electron chi connectivity index (χ1n) is 4.22. The van der Waals surface area contributed by atoms with Crippen LogP contribution in [0.15, 0.2) is 24.3 Å². The van der Waals surface area contributed by atoms with E-state index >= 15 is 0 Å². The molecule has 0 saturated heterocycles. The first-order valence-corrected chi connectivity index (χ1v) is 5.30. The molecule has 74 valence electrons. The van der Waals surface area contributed by atoms with Gasteiger partial charge in [-0.25, -0.2) is 0 Å². The number of hydrogen-bond acceptors (Lipinski definition) is 1. The molecule has 1 aromatic rings. The second-order valence-corrected chi connectivity index (χ2v) is 4.24. The van der Waals surface area contributed by atoms with Crippen molar-refractivity contribution in [2.45, 2.75) is 25.8 Å². The molecular weight excluding hydrogens is 296 g/mol. The standard InChI is InChI=1S/C10H14IN.ClH/c1-2-10(12)7-8-3-5-9(11)6-4-8;/h3-6,10H,2,7,12H2,1H3;1H. The number of hydrogen-bond donors (Lipinski definition) is 1. The molecule has 0 aliphatic carbocycles. The predicted molar refractivity (Wildman–Crippen MR) is 68.4 cm³/mol. The molecule has 2 N–H and O–H groups in total. The smallest absolute Gasteiger partial charge is 0.0130 e. The maximum Gasteiger partial charge on any atom is 0.0130 e. The van der Waals surface area contributed by atoms with Gasteiger partial charge < -0.3 is 5.73 Å². The Labute approximate surface area is 99.6 Å². The van der Waals surface area contributed by atoms with E-state index in [0.717, 1.165) is 12.8 Å². The van der Waals surface area contributed by atoms with E-state index < -0.39 is 0 Å². The zero-order valence-electron chi connectivity index (χ0n) is 7.66. The van der Waals surface area contributed by atoms with Crippen LogP contribution >= 0.6 is 35.0 Å². The topological polar surface area (TPSA) is 26.0 Å². The van der Waals surface area contributed by atoms with Gasteiger partial charge in [0.15, 0.2) is 0 Å². The minimum atomic E-state index is 0. The maximum atomic E-state index is 5.84. The first-order chi connectivity index (χ1) is 5.72. The van der Waals surface area contributed by atoms with Crippen LogP contribution in [0.2, 0.25) is 0 Å². The molecule has 0 amide bonds. The average Bonchev–Trinajstić information content (AvgIpc) is 2.09. The summed E-state index contributed by atoms with van der Waals surface area (Å²) in [6.45, 7) is 2.12. The molecule has 1 rings (SSSR count). The minimum Gasteiger partial charge on any atom is -0.327 e. The molecule has 13 heavy (non-hydrogen) atoms. The number of halogens is 2. The van der Waals surface area contributed by atoms with Crippen LogP contribution in [0, 0.1) is 3.57 Å². The van der Waals surface area contributed by atoms with Crippen LogP contribution in [-0.4, -0.2) is 6.04 Å². The van der Waals surface area contributed by atoms with Crippen molar-refractivity contribution in [3.05, 3.63) is 33.4 Å². The average molecular weight is 312 g/mol. The van der Waals surface area contributed by atoms with Gasteiger partial charge in [-0.15, -0.1) is 12.4 Å². The molecule has 0 bridgehead atoms. The summed E-state index contributed by atoms with van der Waals surface area (Å²) >= 11 is 2.31. The summed E-state index contributed by atoms with van der Waals surface area (Å²) in [6, 6.07) is 8.86. The van der Waals surface area contributed by atoms with Crippen LogP contribution in [0.1, 0.15) is 18.9 Å². The lowest BCUT2D eigenvalue weighted by molar-refractivity contribution is 0.646. The van der Waals surface area contributed by atoms with E-state index in [1.807, 2.05) is 0 Å². The van der Waals surface area contributed by atoms with Crippen molar-refractivity contribution in [3.8, 4) is 0 Å². The summed E-state index contributed by atoms with van der Waals surface area (Å²) in [5, 5.41) is 0. The zero-order valence-corrected chi connectivity index (χ0v) is 10.6. The number of benzene rings is 1. The molecule has 1 unspecified atom stereocenters. The van der Waals surface area contributed by atoms with Crippen molar-refractivity contribution < 1.29 is 0 Å². The number of nitrogens with two attached hydrogens (primary N) is 1. The van der Waals surface area contributed by atoms with Crippen molar-refractivity contribution in [1.29, 1.82) is 0 Å². The first kappa shape index (κ1) is 13.2. The van der Waals surface area contributed by atoms with Crippen LogP contribution in [-0.2, 0) is 6.42 Å². The molecule has 1 aromatic carbocycles. The van der Waals surface area contributed by atoms with Gasteiger partial charge in [0.1, 0.15) is 0 Å². The van der Waals surface area contributed by atoms with Gasteiger partial charge in [-0.05, 0) is 53.1 Å². The zero-order chi connectivity index (χ0) is 8.97. The lowest BCUT2D eigenvalue weighted by Crippen LogP contribution is -2.21. The molecule has 0 saturated carbocycles. The third-order valence-corrected chi connectivity index (χ3v) is 2.65. The SMILES string of the molecule is CCC(N)Cc1ccc(I)cc1.Cl. The van der Waals surface area contributed by atoms with Gasteiger partial charge in [0.05, 0.1) is 0 Å². The van der Waals surface area contributed by atoms with E-state index in [-0.39, 0.29) is 12.4 Å². The Morgan fingerprint density at radius 3 is 2.31 bits per heavy atom. The van der Waals surface area contributed by atoms with E-state index in [1.165, 1.54) is 9.13 Å². The molecule has 1 nitrogen and oxygen atoms in total. The van der Waals surface area contributed by atoms with E-state index in [9.17, 15) is 0 Å². The van der Waals surface area contributed by atoms with E-state index in [0.29, 0.717) is 6.04 Å². The van der Waals surface area contributed by atoms with Crippen LogP contribution < -0.4 is 5.73 Å². The highest BCUT2D eigenvalue weighted by Gasteiger charge is 2.00. The predicted octanol–water partition coefficient (Wildman–Crippen LogP) is 2.99. The molecule has 3 heteroatoms. The summed E-state index contributed by atoms with van der Waals surface area (Å²) < 4.78 is 1.28. The van der Waals surface area contributed by atoms with Gasteiger partial charge in [0.2, 0.25) is 0 Å². The lowest BCUT2D eigenvalue weighted by Gasteiger charge is -2.07. The Balaban J connectivity index is 0.00000144. The molecule has 0 spiro atoms. The van der Waals surface area contributed by atoms with E-state index in [2.05, 4.69) is 53.8 Å². The maximum absolute atomic E-state index is 5.84. The Morgan fingerprint density at radius 1 is 1.31 bits per heavy atom. The molecule has 0 aliphatic heterocycles. The van der Waals surface area contributed by atoms with Crippen molar-refractivity contribution in [1.82, 2.24) is 0 Å². The second-order valence-electron chi connectivity index (χ2n) is 3.00. The highest BCUT2D eigenvalue weighted by molar-refractivity contribution is 14.1. The third-order valence-electron chi connectivity index (χ3n) is 1.94. The van der Waals surface area contributed by atoms with Crippen molar-refractivity contribution in [2.24, 2.45) is 5.73 Å². The largest absolute Gasteiger partial charge is 0.327 e. The highest BCUT2D eigenvalue weighted by Crippen LogP contribution is 2.08. The van der Waals surface area contributed by atoms with Crippen LogP contribution in [0.5, 0.6) is 0 Å². The Hall–Kier alpha value is 0.200. The molecule has 0 fully saturated rings. The number of rotatable bonds is 3. The summed E-state index contributed by atoms with van der Waals surface area (Å²) in [6.07, 6.45) is 2.04. The van der Waals surface area contributed by atoms with Crippen molar-refractivity contribution >= 4 is 35.0 Å². The fraction of sp³-hybridized carbons (Fsp3) is 0.400. The molecule has 0 heterocycles. The molecule has 0 aliphatic rings. The fourth-order valence-corrected chi connectivity index (χ4v) is 1.43. The van der Waals surface area contributed by atoms with Gasteiger partial charge >= 0.3 is 0 Å². The normalized spacial score (nSPS) is 11.9. The Bertz CT molecular complexity index is 235. The molecule has 0 aromatic heterocycles. The lowest BCUT2D eigenvalue weighted by atomic mass is 10.1. The Morgan fingerprint density at radius 2 is 1.85 bits per heavy atom. The van der Waals surface area contributed by atoms with Crippen LogP contribution in [0.3, 0.4) is 0 Å². The summed E-state index contributed by atoms with van der Waals surface area (Å²) in [4.78, 5) is 0. The minimum absolute atomic E-state index is 0. The van der Waals surface area contributed by atoms with Crippen LogP contribution in [0.4, 0.5) is 0 Å². The van der Waals surface area contributed by atoms with Crippen LogP contribution in [0.25, 0.3) is 0 Å². The molecule has 1 atom stereocenters. The fourth-order valence-electron chi connectivity index (χ4n) is 1.07. The monoisotopic (exact) mass is 311 g/mol. The quantitative estimate of drug-likeness (QED) is 0.853. The van der Waals surface area contributed by atoms with E-state index in [1.54, 1.807) is 0 Å². The van der Waals surface area contributed by atoms with Gasteiger partial charge in [-0.2, -0.15) is 0 Å². The molecule has 0 radical (unpaired) electrons. The van der Waals surface area contributed by atoms with Gasteiger partial charge in [0.25, 0.3) is 0 Å². The van der Waals surface area contributed by atoms with E-state index in [4.69, 9.17) is 5.73 Å². The van der Waals surface area contributed by atoms with Gasteiger partial charge in [-0.3, -0.25) is 0 Å². The summed E-state index contributed by atoms with van der Waals surface area (Å²) in [5.74, 6) is 0. The second kappa shape index (κ2) is 6.62. The third kappa shape index (κ3) is 4.84.